The average molecular weight is 258 g/mol. The summed E-state index contributed by atoms with van der Waals surface area (Å²) in [6, 6.07) is 0. The van der Waals surface area contributed by atoms with Crippen molar-refractivity contribution >= 4 is 23.3 Å². The third-order valence-corrected chi connectivity index (χ3v) is 2.97. The Labute approximate surface area is 105 Å². The van der Waals surface area contributed by atoms with E-state index in [1.165, 1.54) is 0 Å². The maximum absolute atomic E-state index is 11.1. The van der Waals surface area contributed by atoms with Crippen molar-refractivity contribution in [3.8, 4) is 0 Å². The van der Waals surface area contributed by atoms with Gasteiger partial charge in [0.05, 0.1) is 4.92 Å². The number of hydrogen-bond donors (Lipinski definition) is 1. The van der Waals surface area contributed by atoms with Crippen LogP contribution in [0.1, 0.15) is 19.0 Å². The first-order valence-electron chi connectivity index (χ1n) is 5.54. The molecule has 6 nitrogen and oxygen atoms in total. The van der Waals surface area contributed by atoms with E-state index in [2.05, 4.69) is 10.4 Å². The molecule has 96 valence electrons. The lowest BCUT2D eigenvalue weighted by molar-refractivity contribution is -0.384. The maximum atomic E-state index is 11.1. The highest BCUT2D eigenvalue weighted by Crippen LogP contribution is 2.28. The molecule has 0 amide bonds. The normalized spacial score (nSPS) is 10.5. The van der Waals surface area contributed by atoms with Crippen molar-refractivity contribution in [2.75, 3.05) is 23.9 Å². The van der Waals surface area contributed by atoms with Gasteiger partial charge in [0.2, 0.25) is 5.82 Å². The van der Waals surface area contributed by atoms with Gasteiger partial charge in [-0.2, -0.15) is 16.9 Å². The van der Waals surface area contributed by atoms with E-state index >= 15 is 0 Å². The van der Waals surface area contributed by atoms with Crippen LogP contribution in [-0.2, 0) is 13.5 Å². The predicted octanol–water partition coefficient (Wildman–Crippen LogP) is 2.06. The number of thioether (sulfide) groups is 1. The first-order valence-corrected chi connectivity index (χ1v) is 6.94. The second-order valence-corrected chi connectivity index (χ2v) is 4.68. The third kappa shape index (κ3) is 3.36. The number of nitro groups is 1. The molecule has 0 aliphatic carbocycles. The molecule has 0 saturated heterocycles. The summed E-state index contributed by atoms with van der Waals surface area (Å²) < 4.78 is 1.56. The molecule has 0 atom stereocenters. The Morgan fingerprint density at radius 2 is 2.29 bits per heavy atom. The zero-order valence-electron chi connectivity index (χ0n) is 10.4. The minimum Gasteiger partial charge on any atom is -0.364 e. The summed E-state index contributed by atoms with van der Waals surface area (Å²) in [6.45, 7) is 2.69. The zero-order valence-corrected chi connectivity index (χ0v) is 11.2. The van der Waals surface area contributed by atoms with E-state index in [1.807, 2.05) is 13.2 Å². The van der Waals surface area contributed by atoms with Crippen LogP contribution in [0.25, 0.3) is 0 Å². The highest BCUT2D eigenvalue weighted by molar-refractivity contribution is 7.98. The fourth-order valence-corrected chi connectivity index (χ4v) is 1.94. The molecule has 0 aliphatic heterocycles. The Morgan fingerprint density at radius 3 is 2.82 bits per heavy atom. The van der Waals surface area contributed by atoms with Crippen LogP contribution in [0.3, 0.4) is 0 Å². The lowest BCUT2D eigenvalue weighted by Crippen LogP contribution is -2.09. The van der Waals surface area contributed by atoms with Crippen molar-refractivity contribution in [3.63, 3.8) is 0 Å². The van der Waals surface area contributed by atoms with Gasteiger partial charge in [0.25, 0.3) is 0 Å². The van der Waals surface area contributed by atoms with Crippen molar-refractivity contribution in [2.24, 2.45) is 7.05 Å². The molecule has 0 bridgehead atoms. The van der Waals surface area contributed by atoms with Gasteiger partial charge in [0.15, 0.2) is 0 Å². The van der Waals surface area contributed by atoms with E-state index in [1.54, 1.807) is 23.5 Å². The maximum Gasteiger partial charge on any atom is 0.333 e. The number of hydrogen-bond acceptors (Lipinski definition) is 5. The highest BCUT2D eigenvalue weighted by atomic mass is 32.2. The van der Waals surface area contributed by atoms with Gasteiger partial charge in [0, 0.05) is 19.3 Å². The molecule has 0 unspecified atom stereocenters. The van der Waals surface area contributed by atoms with Gasteiger partial charge >= 0.3 is 5.69 Å². The van der Waals surface area contributed by atoms with E-state index in [0.29, 0.717) is 24.5 Å². The quantitative estimate of drug-likeness (QED) is 0.460. The number of rotatable bonds is 7. The number of nitrogens with zero attached hydrogens (tertiary/aromatic N) is 3. The monoisotopic (exact) mass is 258 g/mol. The van der Waals surface area contributed by atoms with Crippen molar-refractivity contribution < 1.29 is 4.92 Å². The Morgan fingerprint density at radius 1 is 1.59 bits per heavy atom. The van der Waals surface area contributed by atoms with Crippen molar-refractivity contribution in [1.82, 2.24) is 9.78 Å². The number of aryl methyl sites for hydroxylation is 2. The molecule has 0 radical (unpaired) electrons. The van der Waals surface area contributed by atoms with Crippen molar-refractivity contribution in [2.45, 2.75) is 19.8 Å². The summed E-state index contributed by atoms with van der Waals surface area (Å²) in [4.78, 5) is 10.7. The Balaban J connectivity index is 2.96. The standard InChI is InChI=1S/C10H18N4O2S/c1-4-5-8-9(14(15)16)10(13(2)12-8)11-6-7-17-3/h11H,4-7H2,1-3H3. The molecule has 17 heavy (non-hydrogen) atoms. The van der Waals surface area contributed by atoms with E-state index in [0.717, 1.165) is 12.2 Å². The molecule has 1 aromatic heterocycles. The molecule has 0 spiro atoms. The fourth-order valence-electron chi connectivity index (χ4n) is 1.64. The van der Waals surface area contributed by atoms with E-state index in [9.17, 15) is 10.1 Å². The summed E-state index contributed by atoms with van der Waals surface area (Å²) in [5, 5.41) is 18.4. The van der Waals surface area contributed by atoms with Crippen LogP contribution in [-0.4, -0.2) is 33.3 Å². The lowest BCUT2D eigenvalue weighted by atomic mass is 10.2. The number of anilines is 1. The third-order valence-electron chi connectivity index (χ3n) is 2.36. The molecular weight excluding hydrogens is 240 g/mol. The first-order chi connectivity index (χ1) is 8.11. The fraction of sp³-hybridized carbons (Fsp3) is 0.700. The van der Waals surface area contributed by atoms with Gasteiger partial charge in [-0.05, 0) is 12.7 Å². The molecule has 1 aromatic rings. The SMILES string of the molecule is CCCc1nn(C)c(NCCSC)c1[N+](=O)[O-]. The van der Waals surface area contributed by atoms with Crippen LogP contribution < -0.4 is 5.32 Å². The van der Waals surface area contributed by atoms with Gasteiger partial charge in [-0.1, -0.05) is 13.3 Å². The summed E-state index contributed by atoms with van der Waals surface area (Å²) in [5.41, 5.74) is 0.683. The predicted molar refractivity (Wildman–Crippen MR) is 70.7 cm³/mol. The molecule has 0 aromatic carbocycles. The summed E-state index contributed by atoms with van der Waals surface area (Å²) in [6.07, 6.45) is 3.48. The number of aromatic nitrogens is 2. The Kier molecular flexibility index (Phi) is 5.27. The highest BCUT2D eigenvalue weighted by Gasteiger charge is 2.25. The Bertz CT molecular complexity index is 392. The van der Waals surface area contributed by atoms with E-state index in [4.69, 9.17) is 0 Å². The van der Waals surface area contributed by atoms with Gasteiger partial charge in [-0.25, -0.2) is 4.68 Å². The molecule has 0 saturated carbocycles. The first kappa shape index (κ1) is 13.8. The summed E-state index contributed by atoms with van der Waals surface area (Å²) >= 11 is 1.70. The second-order valence-electron chi connectivity index (χ2n) is 3.69. The molecule has 7 heteroatoms. The van der Waals surface area contributed by atoms with Gasteiger partial charge in [0.1, 0.15) is 5.69 Å². The lowest BCUT2D eigenvalue weighted by Gasteiger charge is -2.04. The second kappa shape index (κ2) is 6.48. The molecule has 1 heterocycles. The van der Waals surface area contributed by atoms with E-state index < -0.39 is 0 Å². The van der Waals surface area contributed by atoms with Crippen LogP contribution in [0.15, 0.2) is 0 Å². The van der Waals surface area contributed by atoms with Gasteiger partial charge in [-0.15, -0.1) is 0 Å². The number of nitrogens with one attached hydrogen (secondary N) is 1. The molecule has 0 aliphatic rings. The van der Waals surface area contributed by atoms with Gasteiger partial charge < -0.3 is 5.32 Å². The van der Waals surface area contributed by atoms with Crippen LogP contribution in [0.4, 0.5) is 11.5 Å². The molecule has 1 N–H and O–H groups in total. The average Bonchev–Trinajstić information content (AvgIpc) is 2.56. The minimum absolute atomic E-state index is 0.121. The summed E-state index contributed by atoms with van der Waals surface area (Å²) in [7, 11) is 1.73. The van der Waals surface area contributed by atoms with Crippen LogP contribution in [0, 0.1) is 10.1 Å². The topological polar surface area (TPSA) is 73.0 Å². The van der Waals surface area contributed by atoms with Gasteiger partial charge in [-0.3, -0.25) is 10.1 Å². The smallest absolute Gasteiger partial charge is 0.333 e. The van der Waals surface area contributed by atoms with Crippen LogP contribution in [0.2, 0.25) is 0 Å². The van der Waals surface area contributed by atoms with E-state index in [-0.39, 0.29) is 10.6 Å². The van der Waals surface area contributed by atoms with Crippen molar-refractivity contribution in [3.05, 3.63) is 15.8 Å². The summed E-state index contributed by atoms with van der Waals surface area (Å²) in [5.74, 6) is 1.42. The molecule has 0 fully saturated rings. The molecule has 1 rings (SSSR count). The minimum atomic E-state index is -0.348. The van der Waals surface area contributed by atoms with Crippen molar-refractivity contribution in [1.29, 1.82) is 0 Å². The molecular formula is C10H18N4O2S. The van der Waals surface area contributed by atoms with Crippen LogP contribution >= 0.6 is 11.8 Å². The largest absolute Gasteiger partial charge is 0.364 e. The zero-order chi connectivity index (χ0) is 12.8. The van der Waals surface area contributed by atoms with Crippen LogP contribution in [0.5, 0.6) is 0 Å². The Hall–Kier alpha value is -1.24.